The topological polar surface area (TPSA) is 120 Å². The molecule has 0 saturated carbocycles. The van der Waals surface area contributed by atoms with Gasteiger partial charge in [-0.15, -0.1) is 0 Å². The molecule has 1 atom stereocenters. The molecule has 7 nitrogen and oxygen atoms in total. The highest BCUT2D eigenvalue weighted by Gasteiger charge is 2.25. The average molecular weight is 455 g/mol. The maximum absolute atomic E-state index is 13.6. The molecule has 0 bridgehead atoms. The monoisotopic (exact) mass is 454 g/mol. The number of methoxy groups -OCH3 is 1. The van der Waals surface area contributed by atoms with Gasteiger partial charge in [-0.25, -0.2) is 0 Å². The second-order valence-corrected chi connectivity index (χ2v) is 8.77. The number of aliphatic hydroxyl groups excluding tert-OH is 1. The zero-order valence-corrected chi connectivity index (χ0v) is 19.4. The molecule has 0 saturated heterocycles. The van der Waals surface area contributed by atoms with Crippen LogP contribution in [0.25, 0.3) is 28.4 Å². The molecule has 4 N–H and O–H groups in total. The van der Waals surface area contributed by atoms with Gasteiger partial charge < -0.3 is 29.6 Å². The zero-order chi connectivity index (χ0) is 24.4. The normalized spacial score (nSPS) is 12.8. The third-order valence-electron chi connectivity index (χ3n) is 5.53. The quantitative estimate of drug-likeness (QED) is 0.404. The van der Waals surface area contributed by atoms with Crippen LogP contribution in [0.5, 0.6) is 23.0 Å². The first-order chi connectivity index (χ1) is 15.5. The van der Waals surface area contributed by atoms with E-state index in [0.29, 0.717) is 11.3 Å². The molecule has 176 valence electrons. The summed E-state index contributed by atoms with van der Waals surface area (Å²) < 4.78 is 11.5. The van der Waals surface area contributed by atoms with Gasteiger partial charge in [-0.05, 0) is 24.0 Å². The van der Waals surface area contributed by atoms with Crippen molar-refractivity contribution in [3.05, 3.63) is 51.7 Å². The van der Waals surface area contributed by atoms with Crippen LogP contribution in [0.15, 0.2) is 39.6 Å². The average Bonchev–Trinajstić information content (AvgIpc) is 2.74. The van der Waals surface area contributed by atoms with Gasteiger partial charge in [-0.2, -0.15) is 0 Å². The highest BCUT2D eigenvalue weighted by atomic mass is 16.5. The van der Waals surface area contributed by atoms with E-state index in [1.54, 1.807) is 6.08 Å². The lowest BCUT2D eigenvalue weighted by Gasteiger charge is -2.18. The Hall–Kier alpha value is -3.45. The van der Waals surface area contributed by atoms with Crippen molar-refractivity contribution < 1.29 is 29.6 Å². The van der Waals surface area contributed by atoms with Crippen LogP contribution in [0.4, 0.5) is 0 Å². The van der Waals surface area contributed by atoms with Crippen LogP contribution < -0.4 is 10.2 Å². The molecule has 0 radical (unpaired) electrons. The van der Waals surface area contributed by atoms with E-state index >= 15 is 0 Å². The van der Waals surface area contributed by atoms with Gasteiger partial charge >= 0.3 is 0 Å². The van der Waals surface area contributed by atoms with Gasteiger partial charge in [-0.1, -0.05) is 39.8 Å². The van der Waals surface area contributed by atoms with Gasteiger partial charge in [0.2, 0.25) is 0 Å². The molecule has 3 aromatic rings. The van der Waals surface area contributed by atoms with Gasteiger partial charge in [0.05, 0.1) is 24.3 Å². The van der Waals surface area contributed by atoms with Crippen molar-refractivity contribution in [1.29, 1.82) is 0 Å². The van der Waals surface area contributed by atoms with Crippen LogP contribution in [-0.4, -0.2) is 33.6 Å². The summed E-state index contributed by atoms with van der Waals surface area (Å²) in [5.74, 6) is -0.285. The molecule has 2 aromatic carbocycles. The lowest BCUT2D eigenvalue weighted by molar-refractivity contribution is 0.125. The molecular formula is C26H30O7. The molecule has 0 aliphatic heterocycles. The van der Waals surface area contributed by atoms with E-state index in [4.69, 9.17) is 9.15 Å². The Morgan fingerprint density at radius 3 is 2.36 bits per heavy atom. The number of hydrogen-bond donors (Lipinski definition) is 4. The number of aromatic hydroxyl groups is 3. The molecule has 0 aliphatic rings. The standard InChI is InChI=1S/C26H30O7/c1-13(2)6-8-17-21(32-5)12-22-23(24(17)30)25(31)18(11-19(28)14(3)4)26(33-22)16-9-7-15(27)10-20(16)29/h6-10,12-14,19,27-30H,11H2,1-5H3/b8-6+. The summed E-state index contributed by atoms with van der Waals surface area (Å²) in [4.78, 5) is 13.6. The van der Waals surface area contributed by atoms with E-state index < -0.39 is 11.5 Å². The first-order valence-electron chi connectivity index (χ1n) is 10.8. The van der Waals surface area contributed by atoms with E-state index in [2.05, 4.69) is 0 Å². The number of phenolic OH excluding ortho intramolecular Hbond substituents is 3. The highest BCUT2D eigenvalue weighted by molar-refractivity contribution is 5.92. The van der Waals surface area contributed by atoms with Crippen LogP contribution in [-0.2, 0) is 6.42 Å². The summed E-state index contributed by atoms with van der Waals surface area (Å²) in [5.41, 5.74) is 0.199. The van der Waals surface area contributed by atoms with E-state index in [1.165, 1.54) is 25.3 Å². The number of hydrogen-bond acceptors (Lipinski definition) is 7. The molecule has 3 rings (SSSR count). The zero-order valence-electron chi connectivity index (χ0n) is 19.4. The molecule has 1 aromatic heterocycles. The van der Waals surface area contributed by atoms with Crippen LogP contribution in [0.3, 0.4) is 0 Å². The van der Waals surface area contributed by atoms with Crippen LogP contribution in [0.2, 0.25) is 0 Å². The van der Waals surface area contributed by atoms with E-state index in [-0.39, 0.29) is 63.4 Å². The summed E-state index contributed by atoms with van der Waals surface area (Å²) in [7, 11) is 1.45. The van der Waals surface area contributed by atoms with Crippen molar-refractivity contribution in [3.8, 4) is 34.3 Å². The summed E-state index contributed by atoms with van der Waals surface area (Å²) in [6.45, 7) is 7.61. The molecule has 0 aliphatic carbocycles. The fourth-order valence-electron chi connectivity index (χ4n) is 3.54. The van der Waals surface area contributed by atoms with Crippen molar-refractivity contribution in [2.75, 3.05) is 7.11 Å². The largest absolute Gasteiger partial charge is 0.508 e. The molecule has 1 unspecified atom stereocenters. The minimum atomic E-state index is -0.857. The second kappa shape index (κ2) is 9.58. The molecule has 0 amide bonds. The van der Waals surface area contributed by atoms with Gasteiger partial charge in [0.1, 0.15) is 39.7 Å². The van der Waals surface area contributed by atoms with Crippen LogP contribution >= 0.6 is 0 Å². The second-order valence-electron chi connectivity index (χ2n) is 8.77. The van der Waals surface area contributed by atoms with Crippen molar-refractivity contribution >= 4 is 17.0 Å². The van der Waals surface area contributed by atoms with E-state index in [1.807, 2.05) is 33.8 Å². The van der Waals surface area contributed by atoms with Crippen LogP contribution in [0.1, 0.15) is 38.8 Å². The maximum atomic E-state index is 13.6. The number of benzene rings is 2. The Morgan fingerprint density at radius 2 is 1.79 bits per heavy atom. The van der Waals surface area contributed by atoms with Gasteiger partial charge in [0, 0.05) is 24.1 Å². The predicted molar refractivity (Wildman–Crippen MR) is 128 cm³/mol. The predicted octanol–water partition coefficient (Wildman–Crippen LogP) is 4.81. The number of allylic oxidation sites excluding steroid dienone is 1. The minimum absolute atomic E-state index is 0.0350. The molecule has 0 fully saturated rings. The number of rotatable bonds is 7. The molecule has 7 heteroatoms. The van der Waals surface area contributed by atoms with Gasteiger partial charge in [0.15, 0.2) is 5.43 Å². The van der Waals surface area contributed by atoms with Crippen molar-refractivity contribution in [2.24, 2.45) is 11.8 Å². The summed E-state index contributed by atoms with van der Waals surface area (Å²) in [5, 5.41) is 41.6. The number of aliphatic hydroxyl groups is 1. The lowest BCUT2D eigenvalue weighted by Crippen LogP contribution is -2.23. The smallest absolute Gasteiger partial charge is 0.200 e. The minimum Gasteiger partial charge on any atom is -0.508 e. The Morgan fingerprint density at radius 1 is 1.09 bits per heavy atom. The first-order valence-corrected chi connectivity index (χ1v) is 10.8. The van der Waals surface area contributed by atoms with E-state index in [0.717, 1.165) is 6.07 Å². The Kier molecular flexibility index (Phi) is 7.03. The molecule has 1 heterocycles. The number of ether oxygens (including phenoxy) is 1. The molecule has 33 heavy (non-hydrogen) atoms. The third-order valence-corrected chi connectivity index (χ3v) is 5.53. The van der Waals surface area contributed by atoms with Gasteiger partial charge in [-0.3, -0.25) is 4.79 Å². The molecular weight excluding hydrogens is 424 g/mol. The fourth-order valence-corrected chi connectivity index (χ4v) is 3.54. The molecule has 0 spiro atoms. The Bertz CT molecular complexity index is 1250. The lowest BCUT2D eigenvalue weighted by atomic mass is 9.94. The van der Waals surface area contributed by atoms with Crippen molar-refractivity contribution in [1.82, 2.24) is 0 Å². The maximum Gasteiger partial charge on any atom is 0.200 e. The number of fused-ring (bicyclic) bond motifs is 1. The van der Waals surface area contributed by atoms with Crippen molar-refractivity contribution in [2.45, 2.75) is 40.2 Å². The summed E-state index contributed by atoms with van der Waals surface area (Å²) in [6.07, 6.45) is 2.66. The summed E-state index contributed by atoms with van der Waals surface area (Å²) in [6, 6.07) is 5.44. The number of phenols is 3. The SMILES string of the molecule is COc1cc2oc(-c3ccc(O)cc3O)c(CC(O)C(C)C)c(=O)c2c(O)c1/C=C/C(C)C. The fraction of sp³-hybridized carbons (Fsp3) is 0.346. The van der Waals surface area contributed by atoms with Crippen LogP contribution in [0, 0.1) is 11.8 Å². The van der Waals surface area contributed by atoms with Crippen molar-refractivity contribution in [3.63, 3.8) is 0 Å². The van der Waals surface area contributed by atoms with Gasteiger partial charge in [0.25, 0.3) is 0 Å². The Balaban J connectivity index is 2.41. The Labute approximate surface area is 192 Å². The highest BCUT2D eigenvalue weighted by Crippen LogP contribution is 2.40. The third kappa shape index (κ3) is 4.83. The first kappa shape index (κ1) is 24.2. The summed E-state index contributed by atoms with van der Waals surface area (Å²) >= 11 is 0. The van der Waals surface area contributed by atoms with E-state index in [9.17, 15) is 25.2 Å².